The van der Waals surface area contributed by atoms with Crippen molar-refractivity contribution in [2.45, 2.75) is 13.8 Å². The molecule has 8 heteroatoms. The smallest absolute Gasteiger partial charge is 0.280 e. The first-order chi connectivity index (χ1) is 15.7. The predicted octanol–water partition coefficient (Wildman–Crippen LogP) is 5.15. The van der Waals surface area contributed by atoms with Gasteiger partial charge in [0.2, 0.25) is 0 Å². The number of hydrogen-bond donors (Lipinski definition) is 0. The van der Waals surface area contributed by atoms with E-state index in [4.69, 9.17) is 23.2 Å². The number of hydrazine groups is 1. The van der Waals surface area contributed by atoms with Crippen LogP contribution >= 0.6 is 23.2 Å². The maximum atomic E-state index is 13.5. The zero-order valence-corrected chi connectivity index (χ0v) is 19.3. The van der Waals surface area contributed by atoms with Crippen LogP contribution in [0.25, 0.3) is 0 Å². The van der Waals surface area contributed by atoms with Crippen molar-refractivity contribution in [3.8, 4) is 0 Å². The maximum absolute atomic E-state index is 13.5. The van der Waals surface area contributed by atoms with Crippen LogP contribution < -0.4 is 0 Å². The molecule has 0 aliphatic carbocycles. The molecule has 1 heterocycles. The minimum absolute atomic E-state index is 0.0776. The van der Waals surface area contributed by atoms with Gasteiger partial charge in [0.15, 0.2) is 5.78 Å². The van der Waals surface area contributed by atoms with E-state index in [0.717, 1.165) is 16.1 Å². The molecule has 0 unspecified atom stereocenters. The number of aryl methyl sites for hydroxylation is 2. The van der Waals surface area contributed by atoms with Crippen LogP contribution in [0.4, 0.5) is 0 Å². The Bertz CT molecular complexity index is 1300. The monoisotopic (exact) mass is 480 g/mol. The van der Waals surface area contributed by atoms with Crippen molar-refractivity contribution in [2.75, 3.05) is 6.54 Å². The average Bonchev–Trinajstić information content (AvgIpc) is 3.05. The molecule has 0 aromatic heterocycles. The highest BCUT2D eigenvalue weighted by Gasteiger charge is 2.42. The van der Waals surface area contributed by atoms with Crippen molar-refractivity contribution in [2.24, 2.45) is 0 Å². The van der Waals surface area contributed by atoms with Gasteiger partial charge in [-0.2, -0.15) is 5.01 Å². The third-order valence-electron chi connectivity index (χ3n) is 5.54. The standard InChI is InChI=1S/C25H18Cl2N2O4/c1-14-7-8-16(11-15(14)2)22(30)13-28(23(31)17-9-10-20(26)21(27)12-17)29-24(32)18-5-3-4-6-19(18)25(29)33/h3-12H,13H2,1-2H3. The molecule has 3 amide bonds. The molecule has 0 saturated heterocycles. The Balaban J connectivity index is 1.75. The lowest BCUT2D eigenvalue weighted by Gasteiger charge is -2.29. The van der Waals surface area contributed by atoms with Crippen LogP contribution in [0.3, 0.4) is 0 Å². The number of imide groups is 1. The number of hydrogen-bond acceptors (Lipinski definition) is 4. The van der Waals surface area contributed by atoms with Crippen molar-refractivity contribution in [3.05, 3.63) is 104 Å². The van der Waals surface area contributed by atoms with E-state index in [-0.39, 0.29) is 26.7 Å². The highest BCUT2D eigenvalue weighted by molar-refractivity contribution is 6.42. The minimum Gasteiger partial charge on any atom is -0.292 e. The Labute approximate surface area is 200 Å². The fourth-order valence-corrected chi connectivity index (χ4v) is 3.85. The van der Waals surface area contributed by atoms with Gasteiger partial charge in [-0.25, -0.2) is 5.01 Å². The molecule has 0 fully saturated rings. The molecule has 0 bridgehead atoms. The summed E-state index contributed by atoms with van der Waals surface area (Å²) in [5, 5.41) is 1.95. The zero-order chi connectivity index (χ0) is 23.9. The second-order valence-corrected chi connectivity index (χ2v) is 8.50. The Hall–Kier alpha value is -3.48. The van der Waals surface area contributed by atoms with Crippen LogP contribution in [-0.2, 0) is 0 Å². The van der Waals surface area contributed by atoms with Crippen LogP contribution in [0.2, 0.25) is 10.0 Å². The van der Waals surface area contributed by atoms with E-state index in [1.54, 1.807) is 30.3 Å². The van der Waals surface area contributed by atoms with Gasteiger partial charge in [0.25, 0.3) is 17.7 Å². The van der Waals surface area contributed by atoms with Crippen molar-refractivity contribution < 1.29 is 19.2 Å². The van der Waals surface area contributed by atoms with Crippen molar-refractivity contribution in [1.29, 1.82) is 0 Å². The first-order valence-corrected chi connectivity index (χ1v) is 10.8. The highest BCUT2D eigenvalue weighted by Crippen LogP contribution is 2.28. The number of fused-ring (bicyclic) bond motifs is 1. The van der Waals surface area contributed by atoms with Gasteiger partial charge < -0.3 is 0 Å². The number of benzene rings is 3. The molecule has 1 aliphatic rings. The topological polar surface area (TPSA) is 74.8 Å². The summed E-state index contributed by atoms with van der Waals surface area (Å²) in [5.74, 6) is -2.53. The SMILES string of the molecule is Cc1ccc(C(=O)CN(C(=O)c2ccc(Cl)c(Cl)c2)N2C(=O)c3ccccc3C2=O)cc1C. The number of carbonyl (C=O) groups is 4. The molecule has 6 nitrogen and oxygen atoms in total. The van der Waals surface area contributed by atoms with Gasteiger partial charge in [0, 0.05) is 11.1 Å². The maximum Gasteiger partial charge on any atom is 0.280 e. The van der Waals surface area contributed by atoms with Crippen LogP contribution in [-0.4, -0.2) is 40.1 Å². The summed E-state index contributed by atoms with van der Waals surface area (Å²) in [7, 11) is 0. The molecule has 0 radical (unpaired) electrons. The molecule has 0 spiro atoms. The molecule has 33 heavy (non-hydrogen) atoms. The van der Waals surface area contributed by atoms with Gasteiger partial charge in [0.1, 0.15) is 6.54 Å². The molecule has 3 aromatic carbocycles. The number of Topliss-reactive ketones (excluding diaryl/α,β-unsaturated/α-hetero) is 1. The van der Waals surface area contributed by atoms with Crippen molar-refractivity contribution in [3.63, 3.8) is 0 Å². The molecule has 0 saturated carbocycles. The Morgan fingerprint density at radius 1 is 0.788 bits per heavy atom. The highest BCUT2D eigenvalue weighted by atomic mass is 35.5. The molecule has 4 rings (SSSR count). The number of rotatable bonds is 5. The fourth-order valence-electron chi connectivity index (χ4n) is 3.55. The summed E-state index contributed by atoms with van der Waals surface area (Å²) in [6.07, 6.45) is 0. The largest absolute Gasteiger partial charge is 0.292 e. The predicted molar refractivity (Wildman–Crippen MR) is 125 cm³/mol. The number of nitrogens with zero attached hydrogens (tertiary/aromatic N) is 2. The van der Waals surface area contributed by atoms with E-state index >= 15 is 0 Å². The van der Waals surface area contributed by atoms with E-state index in [1.807, 2.05) is 13.8 Å². The molecular formula is C25H18Cl2N2O4. The second-order valence-electron chi connectivity index (χ2n) is 7.68. The molecule has 0 atom stereocenters. The fraction of sp³-hybridized carbons (Fsp3) is 0.120. The normalized spacial score (nSPS) is 12.7. The van der Waals surface area contributed by atoms with Crippen molar-refractivity contribution >= 4 is 46.7 Å². The van der Waals surface area contributed by atoms with E-state index in [0.29, 0.717) is 10.6 Å². The lowest BCUT2D eigenvalue weighted by Crippen LogP contribution is -2.51. The van der Waals surface area contributed by atoms with E-state index < -0.39 is 30.0 Å². The van der Waals surface area contributed by atoms with Crippen LogP contribution in [0, 0.1) is 13.8 Å². The van der Waals surface area contributed by atoms with Crippen LogP contribution in [0.15, 0.2) is 60.7 Å². The Kier molecular flexibility index (Phi) is 6.06. The number of amides is 3. The Morgan fingerprint density at radius 2 is 1.39 bits per heavy atom. The first kappa shape index (κ1) is 22.7. The summed E-state index contributed by atoms with van der Waals surface area (Å²) in [5.41, 5.74) is 2.68. The van der Waals surface area contributed by atoms with Gasteiger partial charge in [-0.15, -0.1) is 0 Å². The van der Waals surface area contributed by atoms with Crippen molar-refractivity contribution in [1.82, 2.24) is 10.0 Å². The van der Waals surface area contributed by atoms with Gasteiger partial charge in [-0.05, 0) is 61.4 Å². The van der Waals surface area contributed by atoms with Gasteiger partial charge in [0.05, 0.1) is 21.2 Å². The van der Waals surface area contributed by atoms with Gasteiger partial charge >= 0.3 is 0 Å². The summed E-state index contributed by atoms with van der Waals surface area (Å²) in [4.78, 5) is 52.7. The van der Waals surface area contributed by atoms with E-state index in [2.05, 4.69) is 0 Å². The minimum atomic E-state index is -0.736. The lowest BCUT2D eigenvalue weighted by atomic mass is 10.0. The summed E-state index contributed by atoms with van der Waals surface area (Å²) >= 11 is 12.0. The van der Waals surface area contributed by atoms with Crippen LogP contribution in [0.5, 0.6) is 0 Å². The Morgan fingerprint density at radius 3 is 1.97 bits per heavy atom. The van der Waals surface area contributed by atoms with Gasteiger partial charge in [-0.3, -0.25) is 19.2 Å². The van der Waals surface area contributed by atoms with E-state index in [9.17, 15) is 19.2 Å². The molecule has 166 valence electrons. The zero-order valence-electron chi connectivity index (χ0n) is 17.8. The summed E-state index contributed by atoms with van der Waals surface area (Å²) in [6, 6.07) is 15.6. The van der Waals surface area contributed by atoms with E-state index in [1.165, 1.54) is 30.3 Å². The quantitative estimate of drug-likeness (QED) is 0.373. The molecule has 0 N–H and O–H groups in total. The first-order valence-electron chi connectivity index (χ1n) is 10.0. The second kappa shape index (κ2) is 8.81. The lowest BCUT2D eigenvalue weighted by molar-refractivity contribution is 0.00531. The van der Waals surface area contributed by atoms with Gasteiger partial charge in [-0.1, -0.05) is 47.5 Å². The summed E-state index contributed by atoms with van der Waals surface area (Å²) < 4.78 is 0. The number of ketones is 1. The molecule has 3 aromatic rings. The van der Waals surface area contributed by atoms with Crippen LogP contribution in [0.1, 0.15) is 52.6 Å². The third-order valence-corrected chi connectivity index (χ3v) is 6.28. The number of halogens is 2. The average molecular weight is 481 g/mol. The third kappa shape index (κ3) is 4.15. The summed E-state index contributed by atoms with van der Waals surface area (Å²) in [6.45, 7) is 3.27. The molecule has 1 aliphatic heterocycles. The number of carbonyl (C=O) groups excluding carboxylic acids is 4. The molecular weight excluding hydrogens is 463 g/mol.